The molecule has 3 N–H and O–H groups in total. The zero-order valence-corrected chi connectivity index (χ0v) is 13.4. The van der Waals surface area contributed by atoms with Crippen LogP contribution in [0.2, 0.25) is 5.02 Å². The highest BCUT2D eigenvalue weighted by Gasteiger charge is 2.49. The van der Waals surface area contributed by atoms with Crippen molar-refractivity contribution in [3.8, 4) is 0 Å². The first-order chi connectivity index (χ1) is 9.45. The number of hydrogen-bond donors (Lipinski definition) is 2. The summed E-state index contributed by atoms with van der Waals surface area (Å²) in [6, 6.07) is 7.91. The number of thioether (sulfide) groups is 1. The summed E-state index contributed by atoms with van der Waals surface area (Å²) in [5.41, 5.74) is 5.09. The average Bonchev–Trinajstić information content (AvgIpc) is 3.20. The van der Waals surface area contributed by atoms with Gasteiger partial charge >= 0.3 is 0 Å². The van der Waals surface area contributed by atoms with E-state index >= 15 is 0 Å². The number of nitrogens with two attached hydrogens (primary N) is 1. The van der Waals surface area contributed by atoms with Crippen molar-refractivity contribution >= 4 is 29.3 Å². The Balaban J connectivity index is 2.15. The van der Waals surface area contributed by atoms with Gasteiger partial charge < -0.3 is 11.1 Å². The number of nitrogens with one attached hydrogen (secondary N) is 1. The second-order valence-electron chi connectivity index (χ2n) is 5.63. The molecule has 1 unspecified atom stereocenters. The number of rotatable bonds is 7. The Morgan fingerprint density at radius 2 is 2.15 bits per heavy atom. The van der Waals surface area contributed by atoms with E-state index in [9.17, 15) is 4.79 Å². The van der Waals surface area contributed by atoms with Gasteiger partial charge in [0.05, 0.1) is 5.02 Å². The molecular formula is C15H21ClN2OS. The molecule has 1 amide bonds. The van der Waals surface area contributed by atoms with Crippen LogP contribution in [0.15, 0.2) is 29.2 Å². The van der Waals surface area contributed by atoms with Crippen molar-refractivity contribution in [1.29, 1.82) is 0 Å². The van der Waals surface area contributed by atoms with Crippen LogP contribution in [-0.2, 0) is 4.79 Å². The molecule has 0 heterocycles. The second-order valence-corrected chi connectivity index (χ2v) is 7.05. The molecule has 0 radical (unpaired) electrons. The van der Waals surface area contributed by atoms with Crippen molar-refractivity contribution in [1.82, 2.24) is 5.32 Å². The molecule has 0 saturated heterocycles. The van der Waals surface area contributed by atoms with Gasteiger partial charge in [-0.15, -0.1) is 11.8 Å². The van der Waals surface area contributed by atoms with Crippen molar-refractivity contribution in [3.05, 3.63) is 29.3 Å². The molecule has 0 aliphatic heterocycles. The molecule has 0 spiro atoms. The minimum atomic E-state index is -0.627. The van der Waals surface area contributed by atoms with Crippen molar-refractivity contribution in [3.63, 3.8) is 0 Å². The third kappa shape index (κ3) is 3.48. The number of amides is 1. The first kappa shape index (κ1) is 15.7. The maximum Gasteiger partial charge on any atom is 0.238 e. The summed E-state index contributed by atoms with van der Waals surface area (Å²) < 4.78 is 0. The molecule has 3 nitrogen and oxygen atoms in total. The van der Waals surface area contributed by atoms with Gasteiger partial charge in [0.25, 0.3) is 0 Å². The molecule has 1 saturated carbocycles. The van der Waals surface area contributed by atoms with Gasteiger partial charge in [-0.25, -0.2) is 0 Å². The fraction of sp³-hybridized carbons (Fsp3) is 0.533. The molecule has 2 rings (SSSR count). The van der Waals surface area contributed by atoms with Crippen LogP contribution in [0.5, 0.6) is 0 Å². The Morgan fingerprint density at radius 3 is 2.65 bits per heavy atom. The highest BCUT2D eigenvalue weighted by molar-refractivity contribution is 7.99. The zero-order valence-electron chi connectivity index (χ0n) is 11.9. The van der Waals surface area contributed by atoms with Gasteiger partial charge in [-0.1, -0.05) is 23.7 Å². The monoisotopic (exact) mass is 312 g/mol. The summed E-state index contributed by atoms with van der Waals surface area (Å²) in [5, 5.41) is 4.12. The lowest BCUT2D eigenvalue weighted by atomic mass is 9.93. The van der Waals surface area contributed by atoms with E-state index in [0.29, 0.717) is 11.7 Å². The highest BCUT2D eigenvalue weighted by Crippen LogP contribution is 2.43. The lowest BCUT2D eigenvalue weighted by Crippen LogP contribution is -2.61. The van der Waals surface area contributed by atoms with Crippen LogP contribution in [0.25, 0.3) is 0 Å². The minimum Gasteiger partial charge on any atom is -0.368 e. The summed E-state index contributed by atoms with van der Waals surface area (Å²) in [5.74, 6) is 0.709. The van der Waals surface area contributed by atoms with Gasteiger partial charge in [-0.3, -0.25) is 4.79 Å². The molecule has 110 valence electrons. The van der Waals surface area contributed by atoms with Gasteiger partial charge in [-0.2, -0.15) is 0 Å². The van der Waals surface area contributed by atoms with Crippen LogP contribution in [-0.4, -0.2) is 23.2 Å². The Kier molecular flexibility index (Phi) is 4.99. The number of halogens is 1. The highest BCUT2D eigenvalue weighted by atomic mass is 35.5. The van der Waals surface area contributed by atoms with Crippen molar-refractivity contribution in [2.45, 2.75) is 43.2 Å². The molecular weight excluding hydrogens is 292 g/mol. The quantitative estimate of drug-likeness (QED) is 0.761. The van der Waals surface area contributed by atoms with E-state index in [1.54, 1.807) is 11.8 Å². The van der Waals surface area contributed by atoms with Gasteiger partial charge in [0, 0.05) is 16.7 Å². The fourth-order valence-electron chi connectivity index (χ4n) is 2.47. The van der Waals surface area contributed by atoms with E-state index < -0.39 is 5.54 Å². The van der Waals surface area contributed by atoms with Crippen molar-refractivity contribution < 1.29 is 4.79 Å². The smallest absolute Gasteiger partial charge is 0.238 e. The lowest BCUT2D eigenvalue weighted by Gasteiger charge is -2.34. The molecule has 5 heteroatoms. The predicted octanol–water partition coefficient (Wildman–Crippen LogP) is 3.06. The average molecular weight is 313 g/mol. The summed E-state index contributed by atoms with van der Waals surface area (Å²) >= 11 is 7.77. The van der Waals surface area contributed by atoms with Crippen molar-refractivity contribution in [2.24, 2.45) is 11.7 Å². The first-order valence-electron chi connectivity index (χ1n) is 6.90. The zero-order chi connectivity index (χ0) is 14.8. The van der Waals surface area contributed by atoms with Gasteiger partial charge in [0.1, 0.15) is 5.54 Å². The first-order valence-corrected chi connectivity index (χ1v) is 8.27. The Bertz CT molecular complexity index is 491. The fourth-order valence-corrected chi connectivity index (χ4v) is 3.99. The van der Waals surface area contributed by atoms with E-state index in [1.807, 2.05) is 38.1 Å². The Morgan fingerprint density at radius 1 is 1.50 bits per heavy atom. The number of carbonyl (C=O) groups excluding carboxylic acids is 1. The standard InChI is InChI=1S/C15H21ClN2OS/c1-10(2)18-15(14(17)19,11-7-8-11)9-20-13-6-4-3-5-12(13)16/h3-6,10-11,18H,7-9H2,1-2H3,(H2,17,19). The normalized spacial score (nSPS) is 18.0. The van der Waals surface area contributed by atoms with Crippen LogP contribution < -0.4 is 11.1 Å². The SMILES string of the molecule is CC(C)NC(CSc1ccccc1Cl)(C(N)=O)C1CC1. The van der Waals surface area contributed by atoms with E-state index in [1.165, 1.54) is 0 Å². The number of benzene rings is 1. The maximum absolute atomic E-state index is 12.1. The molecule has 1 aromatic rings. The molecule has 20 heavy (non-hydrogen) atoms. The van der Waals surface area contributed by atoms with Crippen LogP contribution >= 0.6 is 23.4 Å². The molecule has 1 atom stereocenters. The van der Waals surface area contributed by atoms with E-state index in [-0.39, 0.29) is 11.9 Å². The van der Waals surface area contributed by atoms with Gasteiger partial charge in [0.2, 0.25) is 5.91 Å². The van der Waals surface area contributed by atoms with E-state index in [4.69, 9.17) is 17.3 Å². The van der Waals surface area contributed by atoms with Crippen LogP contribution in [0.3, 0.4) is 0 Å². The number of primary amides is 1. The predicted molar refractivity (Wildman–Crippen MR) is 85.1 cm³/mol. The molecule has 1 aromatic carbocycles. The Labute approximate surface area is 129 Å². The van der Waals surface area contributed by atoms with Crippen molar-refractivity contribution in [2.75, 3.05) is 5.75 Å². The van der Waals surface area contributed by atoms with Gasteiger partial charge in [-0.05, 0) is 44.7 Å². The van der Waals surface area contributed by atoms with Crippen LogP contribution in [0.4, 0.5) is 0 Å². The number of hydrogen-bond acceptors (Lipinski definition) is 3. The topological polar surface area (TPSA) is 55.1 Å². The molecule has 0 bridgehead atoms. The summed E-state index contributed by atoms with van der Waals surface area (Å²) in [4.78, 5) is 13.0. The molecule has 0 aromatic heterocycles. The third-order valence-corrected chi connectivity index (χ3v) is 5.26. The van der Waals surface area contributed by atoms with Crippen LogP contribution in [0, 0.1) is 5.92 Å². The second kappa shape index (κ2) is 6.37. The van der Waals surface area contributed by atoms with E-state index in [0.717, 1.165) is 22.8 Å². The Hall–Kier alpha value is -0.710. The van der Waals surface area contributed by atoms with Gasteiger partial charge in [0.15, 0.2) is 0 Å². The largest absolute Gasteiger partial charge is 0.368 e. The summed E-state index contributed by atoms with van der Waals surface area (Å²) in [7, 11) is 0. The van der Waals surface area contributed by atoms with Crippen LogP contribution in [0.1, 0.15) is 26.7 Å². The summed E-state index contributed by atoms with van der Waals surface area (Å²) in [6.45, 7) is 4.08. The molecule has 1 aliphatic rings. The lowest BCUT2D eigenvalue weighted by molar-refractivity contribution is -0.124. The van der Waals surface area contributed by atoms with E-state index in [2.05, 4.69) is 5.32 Å². The summed E-state index contributed by atoms with van der Waals surface area (Å²) in [6.07, 6.45) is 2.12. The molecule has 1 aliphatic carbocycles. The third-order valence-electron chi connectivity index (χ3n) is 3.55. The maximum atomic E-state index is 12.1. The number of carbonyl (C=O) groups is 1. The molecule has 1 fully saturated rings. The minimum absolute atomic E-state index is 0.218.